The van der Waals surface area contributed by atoms with E-state index in [0.717, 1.165) is 12.1 Å². The first-order valence-electron chi connectivity index (χ1n) is 6.73. The SMILES string of the molecule is OCCCn1c(-c2ccco2)nc2cc(C(F)(F)F)ccc21. The molecule has 0 atom stereocenters. The molecule has 2 aromatic heterocycles. The number of imidazole rings is 1. The molecule has 7 heteroatoms. The fourth-order valence-corrected chi connectivity index (χ4v) is 2.36. The molecule has 1 N–H and O–H groups in total. The molecule has 0 saturated heterocycles. The number of benzene rings is 1. The van der Waals surface area contributed by atoms with E-state index in [1.165, 1.54) is 12.3 Å². The highest BCUT2D eigenvalue weighted by Crippen LogP contribution is 2.33. The Morgan fingerprint density at radius 1 is 1.23 bits per heavy atom. The highest BCUT2D eigenvalue weighted by atomic mass is 19.4. The van der Waals surface area contributed by atoms with Crippen molar-refractivity contribution >= 4 is 11.0 Å². The summed E-state index contributed by atoms with van der Waals surface area (Å²) in [5.74, 6) is 0.926. The van der Waals surface area contributed by atoms with Crippen LogP contribution in [0.4, 0.5) is 13.2 Å². The van der Waals surface area contributed by atoms with Gasteiger partial charge in [-0.2, -0.15) is 13.2 Å². The van der Waals surface area contributed by atoms with E-state index in [2.05, 4.69) is 4.98 Å². The lowest BCUT2D eigenvalue weighted by Crippen LogP contribution is -2.05. The molecule has 3 aromatic rings. The van der Waals surface area contributed by atoms with Crippen LogP contribution in [0.1, 0.15) is 12.0 Å². The molecule has 0 unspecified atom stereocenters. The van der Waals surface area contributed by atoms with Gasteiger partial charge in [0.15, 0.2) is 11.6 Å². The molecular weight excluding hydrogens is 297 g/mol. The number of hydrogen-bond donors (Lipinski definition) is 1. The van der Waals surface area contributed by atoms with E-state index in [-0.39, 0.29) is 12.1 Å². The van der Waals surface area contributed by atoms with E-state index >= 15 is 0 Å². The third kappa shape index (κ3) is 2.59. The Balaban J connectivity index is 2.16. The van der Waals surface area contributed by atoms with Crippen LogP contribution >= 0.6 is 0 Å². The molecule has 2 heterocycles. The topological polar surface area (TPSA) is 51.2 Å². The van der Waals surface area contributed by atoms with Gasteiger partial charge in [0.2, 0.25) is 0 Å². The number of alkyl halides is 3. The number of rotatable bonds is 4. The second kappa shape index (κ2) is 5.49. The van der Waals surface area contributed by atoms with Gasteiger partial charge >= 0.3 is 6.18 Å². The summed E-state index contributed by atoms with van der Waals surface area (Å²) >= 11 is 0. The van der Waals surface area contributed by atoms with Gasteiger partial charge < -0.3 is 14.1 Å². The monoisotopic (exact) mass is 310 g/mol. The van der Waals surface area contributed by atoms with Crippen molar-refractivity contribution in [2.75, 3.05) is 6.61 Å². The minimum absolute atomic E-state index is 0.0160. The summed E-state index contributed by atoms with van der Waals surface area (Å²) in [5.41, 5.74) is 0.0878. The van der Waals surface area contributed by atoms with Crippen molar-refractivity contribution in [2.24, 2.45) is 0 Å². The first kappa shape index (κ1) is 14.6. The quantitative estimate of drug-likeness (QED) is 0.799. The predicted molar refractivity (Wildman–Crippen MR) is 74.1 cm³/mol. The maximum atomic E-state index is 12.8. The van der Waals surface area contributed by atoms with Crippen molar-refractivity contribution in [1.82, 2.24) is 9.55 Å². The van der Waals surface area contributed by atoms with Gasteiger partial charge in [-0.05, 0) is 36.8 Å². The molecule has 0 aliphatic rings. The Bertz CT molecular complexity index is 776. The van der Waals surface area contributed by atoms with Crippen molar-refractivity contribution < 1.29 is 22.7 Å². The van der Waals surface area contributed by atoms with Crippen molar-refractivity contribution in [3.8, 4) is 11.6 Å². The van der Waals surface area contributed by atoms with Crippen LogP contribution in [-0.2, 0) is 12.7 Å². The standard InChI is InChI=1S/C15H13F3N2O2/c16-15(17,18)10-4-5-12-11(9-10)19-14(13-3-1-8-22-13)20(12)6-2-7-21/h1,3-5,8-9,21H,2,6-7H2. The van der Waals surface area contributed by atoms with Crippen LogP contribution in [0.3, 0.4) is 0 Å². The van der Waals surface area contributed by atoms with E-state index in [1.807, 2.05) is 0 Å². The first-order chi connectivity index (χ1) is 10.5. The van der Waals surface area contributed by atoms with Gasteiger partial charge in [0.05, 0.1) is 22.9 Å². The number of aryl methyl sites for hydroxylation is 1. The van der Waals surface area contributed by atoms with Crippen LogP contribution < -0.4 is 0 Å². The highest BCUT2D eigenvalue weighted by Gasteiger charge is 2.31. The van der Waals surface area contributed by atoms with Gasteiger partial charge in [0, 0.05) is 13.2 Å². The van der Waals surface area contributed by atoms with E-state index in [4.69, 9.17) is 9.52 Å². The number of halogens is 3. The lowest BCUT2D eigenvalue weighted by Gasteiger charge is -2.08. The Kier molecular flexibility index (Phi) is 3.66. The molecule has 0 aliphatic carbocycles. The molecule has 0 saturated carbocycles. The number of aliphatic hydroxyl groups excluding tert-OH is 1. The van der Waals surface area contributed by atoms with Gasteiger partial charge in [-0.1, -0.05) is 0 Å². The Labute approximate surface area is 123 Å². The summed E-state index contributed by atoms with van der Waals surface area (Å²) < 4.78 is 45.5. The van der Waals surface area contributed by atoms with E-state index in [0.29, 0.717) is 30.1 Å². The molecule has 0 fully saturated rings. The number of hydrogen-bond acceptors (Lipinski definition) is 3. The number of fused-ring (bicyclic) bond motifs is 1. The van der Waals surface area contributed by atoms with Crippen molar-refractivity contribution in [1.29, 1.82) is 0 Å². The summed E-state index contributed by atoms with van der Waals surface area (Å²) in [6.07, 6.45) is -2.46. The zero-order valence-corrected chi connectivity index (χ0v) is 11.5. The molecular formula is C15H13F3N2O2. The third-order valence-corrected chi connectivity index (χ3v) is 3.36. The van der Waals surface area contributed by atoms with Gasteiger partial charge in [-0.3, -0.25) is 0 Å². The van der Waals surface area contributed by atoms with Gasteiger partial charge in [0.25, 0.3) is 0 Å². The van der Waals surface area contributed by atoms with Gasteiger partial charge in [0.1, 0.15) is 0 Å². The lowest BCUT2D eigenvalue weighted by atomic mass is 10.2. The predicted octanol–water partition coefficient (Wildman–Crippen LogP) is 3.70. The summed E-state index contributed by atoms with van der Waals surface area (Å²) in [6, 6.07) is 6.84. The number of aromatic nitrogens is 2. The van der Waals surface area contributed by atoms with Crippen LogP contribution in [0.5, 0.6) is 0 Å². The molecule has 0 amide bonds. The normalized spacial score (nSPS) is 12.2. The maximum absolute atomic E-state index is 12.8. The van der Waals surface area contributed by atoms with Crippen molar-refractivity contribution in [2.45, 2.75) is 19.1 Å². The molecule has 3 rings (SSSR count). The number of nitrogens with zero attached hydrogens (tertiary/aromatic N) is 2. The van der Waals surface area contributed by atoms with E-state index in [9.17, 15) is 13.2 Å². The smallest absolute Gasteiger partial charge is 0.416 e. The number of aliphatic hydroxyl groups is 1. The molecule has 0 aliphatic heterocycles. The average molecular weight is 310 g/mol. The molecule has 1 aromatic carbocycles. The van der Waals surface area contributed by atoms with Crippen molar-refractivity contribution in [3.63, 3.8) is 0 Å². The molecule has 0 spiro atoms. The zero-order chi connectivity index (χ0) is 15.7. The lowest BCUT2D eigenvalue weighted by molar-refractivity contribution is -0.137. The Morgan fingerprint density at radius 2 is 2.05 bits per heavy atom. The van der Waals surface area contributed by atoms with E-state index in [1.54, 1.807) is 16.7 Å². The second-order valence-electron chi connectivity index (χ2n) is 4.84. The van der Waals surface area contributed by atoms with Crippen LogP contribution in [0.2, 0.25) is 0 Å². The van der Waals surface area contributed by atoms with Crippen molar-refractivity contribution in [3.05, 3.63) is 42.2 Å². The molecule has 0 bridgehead atoms. The van der Waals surface area contributed by atoms with Crippen LogP contribution in [0.25, 0.3) is 22.6 Å². The third-order valence-electron chi connectivity index (χ3n) is 3.36. The molecule has 0 radical (unpaired) electrons. The fourth-order valence-electron chi connectivity index (χ4n) is 2.36. The van der Waals surface area contributed by atoms with Crippen LogP contribution in [0, 0.1) is 0 Å². The van der Waals surface area contributed by atoms with Gasteiger partial charge in [-0.15, -0.1) is 0 Å². The van der Waals surface area contributed by atoms with Crippen LogP contribution in [0.15, 0.2) is 41.0 Å². The van der Waals surface area contributed by atoms with E-state index < -0.39 is 11.7 Å². The maximum Gasteiger partial charge on any atom is 0.416 e. The highest BCUT2D eigenvalue weighted by molar-refractivity contribution is 5.80. The van der Waals surface area contributed by atoms with Crippen LogP contribution in [-0.4, -0.2) is 21.3 Å². The Hall–Kier alpha value is -2.28. The summed E-state index contributed by atoms with van der Waals surface area (Å²) in [5, 5.41) is 9.00. The minimum atomic E-state index is -4.41. The number of furan rings is 1. The summed E-state index contributed by atoms with van der Waals surface area (Å²) in [7, 11) is 0. The average Bonchev–Trinajstić information content (AvgIpc) is 3.10. The molecule has 22 heavy (non-hydrogen) atoms. The zero-order valence-electron chi connectivity index (χ0n) is 11.5. The summed E-state index contributed by atoms with van der Waals surface area (Å²) in [6.45, 7) is 0.423. The molecule has 116 valence electrons. The molecule has 4 nitrogen and oxygen atoms in total. The Morgan fingerprint density at radius 3 is 2.68 bits per heavy atom. The fraction of sp³-hybridized carbons (Fsp3) is 0.267. The second-order valence-corrected chi connectivity index (χ2v) is 4.84. The first-order valence-corrected chi connectivity index (χ1v) is 6.73. The summed E-state index contributed by atoms with van der Waals surface area (Å²) in [4.78, 5) is 4.27. The minimum Gasteiger partial charge on any atom is -0.461 e. The van der Waals surface area contributed by atoms with Gasteiger partial charge in [-0.25, -0.2) is 4.98 Å². The largest absolute Gasteiger partial charge is 0.461 e.